The Bertz CT molecular complexity index is 842. The highest BCUT2D eigenvalue weighted by Crippen LogP contribution is 2.58. The van der Waals surface area contributed by atoms with E-state index < -0.39 is 15.6 Å². The van der Waals surface area contributed by atoms with Crippen LogP contribution in [0.2, 0.25) is 0 Å². The Morgan fingerprint density at radius 3 is 2.36 bits per heavy atom. The third-order valence-corrected chi connectivity index (χ3v) is 6.50. The molecule has 2 fully saturated rings. The predicted molar refractivity (Wildman–Crippen MR) is 108 cm³/mol. The van der Waals surface area contributed by atoms with Gasteiger partial charge in [0.2, 0.25) is 0 Å². The number of sulfonamides is 1. The lowest BCUT2D eigenvalue weighted by molar-refractivity contribution is -0.0281. The van der Waals surface area contributed by atoms with Crippen molar-refractivity contribution in [3.8, 4) is 0 Å². The smallest absolute Gasteiger partial charge is 0.407 e. The van der Waals surface area contributed by atoms with Crippen LogP contribution in [0, 0.1) is 18.3 Å². The van der Waals surface area contributed by atoms with E-state index in [-0.39, 0.29) is 28.4 Å². The van der Waals surface area contributed by atoms with Gasteiger partial charge in [-0.05, 0) is 76.8 Å². The van der Waals surface area contributed by atoms with Gasteiger partial charge in [0, 0.05) is 12.3 Å². The number of benzene rings is 1. The lowest BCUT2D eigenvalue weighted by atomic mass is 9.50. The third kappa shape index (κ3) is 5.04. The van der Waals surface area contributed by atoms with Gasteiger partial charge in [-0.3, -0.25) is 0 Å². The molecule has 1 aromatic rings. The van der Waals surface area contributed by atoms with E-state index in [1.54, 1.807) is 30.5 Å². The SMILES string of the molecule is Cc1ccc(S(=O)(=O)N/N=C/C2CC3(C2)CC(NC(=O)OC(C)(C)C)C3)cc1. The van der Waals surface area contributed by atoms with E-state index in [0.29, 0.717) is 0 Å². The van der Waals surface area contributed by atoms with E-state index in [0.717, 1.165) is 31.2 Å². The van der Waals surface area contributed by atoms with Crippen molar-refractivity contribution in [2.45, 2.75) is 69.9 Å². The van der Waals surface area contributed by atoms with Gasteiger partial charge in [0.15, 0.2) is 0 Å². The topological polar surface area (TPSA) is 96.9 Å². The Morgan fingerprint density at radius 1 is 1.18 bits per heavy atom. The summed E-state index contributed by atoms with van der Waals surface area (Å²) in [6.45, 7) is 7.44. The summed E-state index contributed by atoms with van der Waals surface area (Å²) >= 11 is 0. The molecule has 0 heterocycles. The highest BCUT2D eigenvalue weighted by atomic mass is 32.2. The van der Waals surface area contributed by atoms with Crippen LogP contribution in [0.5, 0.6) is 0 Å². The summed E-state index contributed by atoms with van der Waals surface area (Å²) in [6.07, 6.45) is 5.13. The summed E-state index contributed by atoms with van der Waals surface area (Å²) in [7, 11) is -3.62. The van der Waals surface area contributed by atoms with Crippen LogP contribution in [-0.4, -0.2) is 32.4 Å². The lowest BCUT2D eigenvalue weighted by Crippen LogP contribution is -2.57. The fraction of sp³-hybridized carbons (Fsp3) is 0.600. The quantitative estimate of drug-likeness (QED) is 0.578. The van der Waals surface area contributed by atoms with Gasteiger partial charge < -0.3 is 10.1 Å². The average Bonchev–Trinajstić information content (AvgIpc) is 2.48. The van der Waals surface area contributed by atoms with Crippen molar-refractivity contribution in [3.63, 3.8) is 0 Å². The maximum atomic E-state index is 12.2. The molecule has 7 nitrogen and oxygen atoms in total. The van der Waals surface area contributed by atoms with Gasteiger partial charge in [-0.15, -0.1) is 0 Å². The molecule has 154 valence electrons. The minimum atomic E-state index is -3.62. The van der Waals surface area contributed by atoms with Crippen LogP contribution < -0.4 is 10.1 Å². The molecule has 0 saturated heterocycles. The van der Waals surface area contributed by atoms with Crippen LogP contribution in [0.4, 0.5) is 4.79 Å². The second kappa shape index (κ2) is 7.39. The number of amides is 1. The van der Waals surface area contributed by atoms with Gasteiger partial charge in [0.25, 0.3) is 10.0 Å². The van der Waals surface area contributed by atoms with Crippen LogP contribution >= 0.6 is 0 Å². The molecule has 8 heteroatoms. The molecule has 2 aliphatic carbocycles. The first kappa shape index (κ1) is 20.6. The average molecular weight is 408 g/mol. The molecular formula is C20H29N3O4S. The molecule has 28 heavy (non-hydrogen) atoms. The number of alkyl carbamates (subject to hydrolysis) is 1. The number of nitrogens with one attached hydrogen (secondary N) is 2. The summed E-state index contributed by atoms with van der Waals surface area (Å²) < 4.78 is 29.7. The van der Waals surface area contributed by atoms with E-state index in [9.17, 15) is 13.2 Å². The maximum absolute atomic E-state index is 12.2. The highest BCUT2D eigenvalue weighted by Gasteiger charge is 2.52. The molecule has 3 rings (SSSR count). The molecule has 0 atom stereocenters. The molecule has 1 amide bonds. The zero-order valence-electron chi connectivity index (χ0n) is 16.9. The van der Waals surface area contributed by atoms with Gasteiger partial charge in [-0.25, -0.2) is 9.63 Å². The highest BCUT2D eigenvalue weighted by molar-refractivity contribution is 7.89. The zero-order valence-corrected chi connectivity index (χ0v) is 17.7. The van der Waals surface area contributed by atoms with Crippen LogP contribution in [0.15, 0.2) is 34.3 Å². The number of carbonyl (C=O) groups is 1. The third-order valence-electron chi connectivity index (χ3n) is 5.26. The Hall–Kier alpha value is -2.09. The second-order valence-electron chi connectivity index (χ2n) is 9.11. The number of hydrazone groups is 1. The van der Waals surface area contributed by atoms with Crippen molar-refractivity contribution in [1.29, 1.82) is 0 Å². The van der Waals surface area contributed by atoms with Gasteiger partial charge in [-0.1, -0.05) is 17.7 Å². The van der Waals surface area contributed by atoms with Crippen molar-refractivity contribution in [3.05, 3.63) is 29.8 Å². The van der Waals surface area contributed by atoms with Crippen LogP contribution in [-0.2, 0) is 14.8 Å². The van der Waals surface area contributed by atoms with E-state index in [2.05, 4.69) is 15.2 Å². The normalized spacial score (nSPS) is 27.1. The van der Waals surface area contributed by atoms with Crippen LogP contribution in [0.1, 0.15) is 52.0 Å². The molecule has 2 saturated carbocycles. The van der Waals surface area contributed by atoms with Gasteiger partial charge >= 0.3 is 6.09 Å². The zero-order chi connectivity index (χ0) is 20.6. The summed E-state index contributed by atoms with van der Waals surface area (Å²) in [5, 5.41) is 6.85. The van der Waals surface area contributed by atoms with Gasteiger partial charge in [-0.2, -0.15) is 13.5 Å². The van der Waals surface area contributed by atoms with E-state index in [1.165, 1.54) is 0 Å². The molecule has 0 aromatic heterocycles. The first-order valence-electron chi connectivity index (χ1n) is 9.58. The maximum Gasteiger partial charge on any atom is 0.407 e. The first-order valence-corrected chi connectivity index (χ1v) is 11.1. The number of hydrogen-bond acceptors (Lipinski definition) is 5. The summed E-state index contributed by atoms with van der Waals surface area (Å²) in [4.78, 5) is 14.3. The van der Waals surface area contributed by atoms with E-state index in [4.69, 9.17) is 4.74 Å². The van der Waals surface area contributed by atoms with Crippen molar-refractivity contribution < 1.29 is 17.9 Å². The standard InChI is InChI=1S/C20H29N3O4S/c1-14-5-7-17(8-6-14)28(25,26)23-21-13-15-9-20(10-15)11-16(12-20)22-18(24)27-19(2,3)4/h5-8,13,15-16,23H,9-12H2,1-4H3,(H,22,24)/b21-13+. The molecule has 0 aliphatic heterocycles. The number of rotatable bonds is 5. The summed E-state index contributed by atoms with van der Waals surface area (Å²) in [5.74, 6) is 0.267. The lowest BCUT2D eigenvalue weighted by Gasteiger charge is -2.57. The molecule has 0 unspecified atom stereocenters. The fourth-order valence-electron chi connectivity index (χ4n) is 4.03. The number of ether oxygens (including phenoxy) is 1. The molecule has 1 spiro atoms. The minimum Gasteiger partial charge on any atom is -0.444 e. The van der Waals surface area contributed by atoms with Gasteiger partial charge in [0.05, 0.1) is 4.90 Å². The molecular weight excluding hydrogens is 378 g/mol. The Kier molecular flexibility index (Phi) is 5.44. The van der Waals surface area contributed by atoms with Crippen molar-refractivity contribution >= 4 is 22.3 Å². The number of aryl methyl sites for hydroxylation is 1. The Labute approximate surface area is 167 Å². The van der Waals surface area contributed by atoms with Crippen molar-refractivity contribution in [1.82, 2.24) is 10.1 Å². The Balaban J connectivity index is 1.39. The van der Waals surface area contributed by atoms with E-state index in [1.807, 2.05) is 27.7 Å². The fourth-order valence-corrected chi connectivity index (χ4v) is 4.83. The number of hydrogen-bond donors (Lipinski definition) is 2. The van der Waals surface area contributed by atoms with Crippen LogP contribution in [0.3, 0.4) is 0 Å². The summed E-state index contributed by atoms with van der Waals surface area (Å²) in [6, 6.07) is 6.81. The molecule has 1 aromatic carbocycles. The van der Waals surface area contributed by atoms with E-state index >= 15 is 0 Å². The summed E-state index contributed by atoms with van der Waals surface area (Å²) in [5.41, 5.74) is 0.768. The number of carbonyl (C=O) groups excluding carboxylic acids is 1. The Morgan fingerprint density at radius 2 is 1.79 bits per heavy atom. The number of nitrogens with zero attached hydrogens (tertiary/aromatic N) is 1. The minimum absolute atomic E-state index is 0.160. The molecule has 0 bridgehead atoms. The first-order chi connectivity index (χ1) is 13.0. The predicted octanol–water partition coefficient (Wildman–Crippen LogP) is 3.34. The largest absolute Gasteiger partial charge is 0.444 e. The van der Waals surface area contributed by atoms with Crippen molar-refractivity contribution in [2.75, 3.05) is 0 Å². The van der Waals surface area contributed by atoms with Crippen molar-refractivity contribution in [2.24, 2.45) is 16.4 Å². The monoisotopic (exact) mass is 407 g/mol. The second-order valence-corrected chi connectivity index (χ2v) is 10.8. The molecule has 2 aliphatic rings. The van der Waals surface area contributed by atoms with Crippen LogP contribution in [0.25, 0.3) is 0 Å². The molecule has 2 N–H and O–H groups in total. The molecule has 0 radical (unpaired) electrons. The van der Waals surface area contributed by atoms with Gasteiger partial charge in [0.1, 0.15) is 5.60 Å².